The maximum absolute atomic E-state index is 12.0. The summed E-state index contributed by atoms with van der Waals surface area (Å²) in [5.41, 5.74) is 3.26. The van der Waals surface area contributed by atoms with Crippen molar-refractivity contribution in [3.63, 3.8) is 0 Å². The first-order valence-electron chi connectivity index (χ1n) is 5.15. The summed E-state index contributed by atoms with van der Waals surface area (Å²) in [6.07, 6.45) is 4.54. The van der Waals surface area contributed by atoms with E-state index in [0.29, 0.717) is 21.5 Å². The van der Waals surface area contributed by atoms with Gasteiger partial charge in [0.15, 0.2) is 5.82 Å². The predicted molar refractivity (Wildman–Crippen MR) is 76.9 cm³/mol. The van der Waals surface area contributed by atoms with Gasteiger partial charge in [0.05, 0.1) is 20.7 Å². The number of hydrogen-bond donors (Lipinski definition) is 3. The molecule has 2 aromatic heterocycles. The van der Waals surface area contributed by atoms with Crippen LogP contribution < -0.4 is 16.6 Å². The minimum absolute atomic E-state index is 0.268. The molecule has 2 aromatic rings. The van der Waals surface area contributed by atoms with Gasteiger partial charge in [0.2, 0.25) is 0 Å². The highest BCUT2D eigenvalue weighted by Gasteiger charge is 2.11. The van der Waals surface area contributed by atoms with Crippen LogP contribution >= 0.6 is 27.5 Å². The Labute approximate surface area is 122 Å². The largest absolute Gasteiger partial charge is 0.321 e. The highest BCUT2D eigenvalue weighted by Crippen LogP contribution is 2.22. The van der Waals surface area contributed by atoms with Crippen LogP contribution in [0.4, 0.5) is 11.5 Å². The van der Waals surface area contributed by atoms with Gasteiger partial charge in [0.25, 0.3) is 5.91 Å². The molecule has 0 bridgehead atoms. The highest BCUT2D eigenvalue weighted by atomic mass is 79.9. The number of nitrogen functional groups attached to an aromatic ring is 1. The Balaban J connectivity index is 2.21. The monoisotopic (exact) mass is 341 g/mol. The van der Waals surface area contributed by atoms with Crippen molar-refractivity contribution in [1.82, 2.24) is 9.97 Å². The summed E-state index contributed by atoms with van der Waals surface area (Å²) in [6, 6.07) is 3.15. The number of nitrogens with zero attached hydrogens (tertiary/aromatic N) is 2. The van der Waals surface area contributed by atoms with Crippen molar-refractivity contribution in [3.8, 4) is 0 Å². The molecule has 19 heavy (non-hydrogen) atoms. The first kappa shape index (κ1) is 13.7. The maximum Gasteiger partial charge on any atom is 0.257 e. The van der Waals surface area contributed by atoms with Gasteiger partial charge in [-0.15, -0.1) is 0 Å². The van der Waals surface area contributed by atoms with Gasteiger partial charge in [0, 0.05) is 18.6 Å². The lowest BCUT2D eigenvalue weighted by molar-refractivity contribution is 0.102. The second-order valence-corrected chi connectivity index (χ2v) is 4.77. The normalized spacial score (nSPS) is 10.1. The number of hydrogen-bond acceptors (Lipinski definition) is 5. The predicted octanol–water partition coefficient (Wildman–Crippen LogP) is 2.43. The Bertz CT molecular complexity index is 622. The minimum Gasteiger partial charge on any atom is -0.321 e. The summed E-state index contributed by atoms with van der Waals surface area (Å²) in [5.74, 6) is 5.19. The van der Waals surface area contributed by atoms with Crippen LogP contribution in [0, 0.1) is 0 Å². The standard InChI is InChI=1S/C11H9BrClN5O/c12-7-5-15-2-1-9(7)17-11(19)6-3-8(13)10(18-14)16-4-6/h1-5H,14H2,(H,16,18)(H,15,17,19). The van der Waals surface area contributed by atoms with Crippen LogP contribution in [0.25, 0.3) is 0 Å². The fraction of sp³-hybridized carbons (Fsp3) is 0. The quantitative estimate of drug-likeness (QED) is 0.588. The lowest BCUT2D eigenvalue weighted by Crippen LogP contribution is -2.14. The Hall–Kier alpha value is -1.70. The molecule has 0 unspecified atom stereocenters. The van der Waals surface area contributed by atoms with E-state index in [2.05, 4.69) is 36.6 Å². The van der Waals surface area contributed by atoms with E-state index in [4.69, 9.17) is 17.4 Å². The van der Waals surface area contributed by atoms with E-state index in [0.717, 1.165) is 0 Å². The average molecular weight is 343 g/mol. The zero-order valence-electron chi connectivity index (χ0n) is 9.52. The first-order chi connectivity index (χ1) is 9.11. The number of aromatic nitrogens is 2. The van der Waals surface area contributed by atoms with Crippen LogP contribution in [0.1, 0.15) is 10.4 Å². The molecule has 2 rings (SSSR count). The Morgan fingerprint density at radius 1 is 1.42 bits per heavy atom. The van der Waals surface area contributed by atoms with Crippen molar-refractivity contribution in [3.05, 3.63) is 45.8 Å². The Morgan fingerprint density at radius 3 is 2.84 bits per heavy atom. The van der Waals surface area contributed by atoms with Crippen LogP contribution in [0.15, 0.2) is 35.2 Å². The molecule has 0 saturated heterocycles. The molecular weight excluding hydrogens is 334 g/mol. The van der Waals surface area contributed by atoms with Crippen LogP contribution in [-0.2, 0) is 0 Å². The molecule has 0 aliphatic carbocycles. The van der Waals surface area contributed by atoms with Gasteiger partial charge in [-0.1, -0.05) is 11.6 Å². The molecular formula is C11H9BrClN5O. The zero-order valence-corrected chi connectivity index (χ0v) is 11.9. The van der Waals surface area contributed by atoms with E-state index in [1.807, 2.05) is 0 Å². The molecule has 0 aliphatic rings. The number of carbonyl (C=O) groups is 1. The molecule has 0 aromatic carbocycles. The van der Waals surface area contributed by atoms with E-state index >= 15 is 0 Å². The second kappa shape index (κ2) is 5.96. The van der Waals surface area contributed by atoms with Gasteiger partial charge in [-0.25, -0.2) is 10.8 Å². The van der Waals surface area contributed by atoms with Gasteiger partial charge in [-0.3, -0.25) is 9.78 Å². The summed E-state index contributed by atoms with van der Waals surface area (Å²) in [5, 5.41) is 2.98. The van der Waals surface area contributed by atoms with Gasteiger partial charge in [-0.05, 0) is 28.1 Å². The van der Waals surface area contributed by atoms with E-state index in [1.54, 1.807) is 18.5 Å². The summed E-state index contributed by atoms with van der Waals surface area (Å²) in [6.45, 7) is 0. The Morgan fingerprint density at radius 2 is 2.21 bits per heavy atom. The smallest absolute Gasteiger partial charge is 0.257 e. The summed E-state index contributed by atoms with van der Waals surface area (Å²) in [4.78, 5) is 19.9. The number of carbonyl (C=O) groups excluding carboxylic acids is 1. The molecule has 6 nitrogen and oxygen atoms in total. The maximum atomic E-state index is 12.0. The molecule has 0 fully saturated rings. The summed E-state index contributed by atoms with van der Waals surface area (Å²) in [7, 11) is 0. The lowest BCUT2D eigenvalue weighted by atomic mass is 10.2. The topological polar surface area (TPSA) is 92.9 Å². The summed E-state index contributed by atoms with van der Waals surface area (Å²) < 4.78 is 0.683. The number of nitrogens with two attached hydrogens (primary N) is 1. The third-order valence-corrected chi connectivity index (χ3v) is 3.18. The number of rotatable bonds is 3. The van der Waals surface area contributed by atoms with E-state index < -0.39 is 0 Å². The van der Waals surface area contributed by atoms with Crippen LogP contribution in [-0.4, -0.2) is 15.9 Å². The summed E-state index contributed by atoms with van der Waals surface area (Å²) >= 11 is 9.19. The van der Waals surface area contributed by atoms with E-state index in [-0.39, 0.29) is 10.9 Å². The Kier molecular flexibility index (Phi) is 4.31. The van der Waals surface area contributed by atoms with Crippen molar-refractivity contribution in [1.29, 1.82) is 0 Å². The first-order valence-corrected chi connectivity index (χ1v) is 6.32. The SMILES string of the molecule is NNc1ncc(C(=O)Nc2ccncc2Br)cc1Cl. The number of pyridine rings is 2. The molecule has 0 atom stereocenters. The van der Waals surface area contributed by atoms with Gasteiger partial charge >= 0.3 is 0 Å². The fourth-order valence-corrected chi connectivity index (χ4v) is 1.91. The molecule has 0 radical (unpaired) electrons. The molecule has 0 saturated carbocycles. The van der Waals surface area contributed by atoms with Crippen molar-refractivity contribution in [2.45, 2.75) is 0 Å². The van der Waals surface area contributed by atoms with Crippen molar-refractivity contribution >= 4 is 44.9 Å². The van der Waals surface area contributed by atoms with E-state index in [1.165, 1.54) is 12.3 Å². The minimum atomic E-state index is -0.329. The number of nitrogens with one attached hydrogen (secondary N) is 2. The van der Waals surface area contributed by atoms with Crippen LogP contribution in [0.3, 0.4) is 0 Å². The van der Waals surface area contributed by atoms with Gasteiger partial charge < -0.3 is 10.7 Å². The molecule has 4 N–H and O–H groups in total. The number of amides is 1. The molecule has 0 aliphatic heterocycles. The average Bonchev–Trinajstić information content (AvgIpc) is 2.41. The van der Waals surface area contributed by atoms with Crippen molar-refractivity contribution in [2.75, 3.05) is 10.7 Å². The number of hydrazine groups is 1. The van der Waals surface area contributed by atoms with E-state index in [9.17, 15) is 4.79 Å². The number of anilines is 2. The van der Waals surface area contributed by atoms with Crippen molar-refractivity contribution in [2.24, 2.45) is 5.84 Å². The van der Waals surface area contributed by atoms with Gasteiger partial charge in [0.1, 0.15) is 0 Å². The lowest BCUT2D eigenvalue weighted by Gasteiger charge is -2.08. The zero-order chi connectivity index (χ0) is 13.8. The molecule has 0 spiro atoms. The third-order valence-electron chi connectivity index (χ3n) is 2.26. The fourth-order valence-electron chi connectivity index (χ4n) is 1.34. The van der Waals surface area contributed by atoms with Crippen LogP contribution in [0.5, 0.6) is 0 Å². The second-order valence-electron chi connectivity index (χ2n) is 3.51. The molecule has 8 heteroatoms. The number of halogens is 2. The van der Waals surface area contributed by atoms with Crippen molar-refractivity contribution < 1.29 is 4.79 Å². The molecule has 98 valence electrons. The molecule has 2 heterocycles. The molecule has 1 amide bonds. The highest BCUT2D eigenvalue weighted by molar-refractivity contribution is 9.10. The van der Waals surface area contributed by atoms with Gasteiger partial charge in [-0.2, -0.15) is 0 Å². The third kappa shape index (κ3) is 3.19. The van der Waals surface area contributed by atoms with Crippen LogP contribution in [0.2, 0.25) is 5.02 Å².